The van der Waals surface area contributed by atoms with Gasteiger partial charge in [0.05, 0.1) is 11.6 Å². The van der Waals surface area contributed by atoms with Crippen molar-refractivity contribution in [2.75, 3.05) is 5.43 Å². The Morgan fingerprint density at radius 3 is 1.90 bits per heavy atom. The third kappa shape index (κ3) is 9.55. The average molecular weight is 407 g/mol. The molecule has 166 valence electrons. The summed E-state index contributed by atoms with van der Waals surface area (Å²) in [4.78, 5) is 26.1. The fourth-order valence-corrected chi connectivity index (χ4v) is 3.94. The molecule has 0 bridgehead atoms. The van der Waals surface area contributed by atoms with Gasteiger partial charge in [0.25, 0.3) is 5.56 Å². The summed E-state index contributed by atoms with van der Waals surface area (Å²) >= 11 is 0. The average Bonchev–Trinajstić information content (AvgIpc) is 2.73. The number of amides is 1. The van der Waals surface area contributed by atoms with Crippen LogP contribution >= 0.6 is 0 Å². The molecule has 0 aromatic carbocycles. The Kier molecular flexibility index (Phi) is 13.2. The van der Waals surface area contributed by atoms with Gasteiger partial charge in [0.2, 0.25) is 5.91 Å². The van der Waals surface area contributed by atoms with Gasteiger partial charge in [0, 0.05) is 6.07 Å². The van der Waals surface area contributed by atoms with Gasteiger partial charge in [-0.05, 0) is 24.5 Å². The zero-order chi connectivity index (χ0) is 21.4. The first-order valence-electron chi connectivity index (χ1n) is 11.8. The first-order valence-corrected chi connectivity index (χ1v) is 11.8. The maximum atomic E-state index is 13.2. The van der Waals surface area contributed by atoms with Crippen LogP contribution in [0.3, 0.4) is 0 Å². The van der Waals surface area contributed by atoms with Gasteiger partial charge in [-0.2, -0.15) is 0 Å². The lowest BCUT2D eigenvalue weighted by Gasteiger charge is -2.31. The van der Waals surface area contributed by atoms with Gasteiger partial charge in [-0.25, -0.2) is 5.43 Å². The number of aromatic nitrogens is 3. The second kappa shape index (κ2) is 15.2. The predicted octanol–water partition coefficient (Wildman–Crippen LogP) is 5.61. The molecule has 0 spiro atoms. The van der Waals surface area contributed by atoms with Crippen molar-refractivity contribution in [1.29, 1.82) is 0 Å². The van der Waals surface area contributed by atoms with Gasteiger partial charge < -0.3 is 0 Å². The largest absolute Gasteiger partial charge is 0.289 e. The van der Waals surface area contributed by atoms with Crippen molar-refractivity contribution in [3.05, 3.63) is 22.6 Å². The van der Waals surface area contributed by atoms with Crippen LogP contribution in [0, 0.1) is 5.41 Å². The lowest BCUT2D eigenvalue weighted by atomic mass is 9.75. The normalized spacial score (nSPS) is 11.6. The second-order valence-electron chi connectivity index (χ2n) is 8.28. The molecule has 0 fully saturated rings. The molecule has 0 atom stereocenters. The summed E-state index contributed by atoms with van der Waals surface area (Å²) in [7, 11) is 0. The summed E-state index contributed by atoms with van der Waals surface area (Å²) in [5.74, 6) is -0.0929. The smallest absolute Gasteiger partial charge is 0.273 e. The molecular formula is C23H42N4O2. The summed E-state index contributed by atoms with van der Waals surface area (Å²) in [5.41, 5.74) is 1.91. The fraction of sp³-hybridized carbons (Fsp3) is 0.826. The molecule has 29 heavy (non-hydrogen) atoms. The van der Waals surface area contributed by atoms with E-state index in [1.165, 1.54) is 63.6 Å². The van der Waals surface area contributed by atoms with Crippen LogP contribution < -0.4 is 11.0 Å². The molecule has 0 aliphatic heterocycles. The zero-order valence-corrected chi connectivity index (χ0v) is 18.9. The topological polar surface area (TPSA) is 76.9 Å². The third-order valence-corrected chi connectivity index (χ3v) is 6.02. The molecule has 1 heterocycles. The number of carbonyl (C=O) groups excluding carboxylic acids is 1. The van der Waals surface area contributed by atoms with E-state index in [2.05, 4.69) is 36.5 Å². The fourth-order valence-electron chi connectivity index (χ4n) is 3.94. The highest BCUT2D eigenvalue weighted by molar-refractivity contribution is 5.89. The Bertz CT molecular complexity index is 599. The van der Waals surface area contributed by atoms with Gasteiger partial charge in [-0.3, -0.25) is 9.59 Å². The monoisotopic (exact) mass is 406 g/mol. The first-order chi connectivity index (χ1) is 14.1. The van der Waals surface area contributed by atoms with E-state index in [1.54, 1.807) is 0 Å². The minimum atomic E-state index is -0.438. The highest BCUT2D eigenvalue weighted by atomic mass is 16.2. The van der Waals surface area contributed by atoms with Crippen molar-refractivity contribution in [3.8, 4) is 0 Å². The zero-order valence-electron chi connectivity index (χ0n) is 18.9. The van der Waals surface area contributed by atoms with Crippen LogP contribution in [0.25, 0.3) is 0 Å². The minimum Gasteiger partial charge on any atom is -0.273 e. The summed E-state index contributed by atoms with van der Waals surface area (Å²) in [6.45, 7) is 6.54. The molecule has 0 saturated heterocycles. The summed E-state index contributed by atoms with van der Waals surface area (Å²) in [5, 5.41) is 7.46. The molecule has 1 amide bonds. The maximum absolute atomic E-state index is 13.2. The van der Waals surface area contributed by atoms with Crippen LogP contribution in [0.4, 0.5) is 0 Å². The number of rotatable bonds is 17. The Hall–Kier alpha value is -1.72. The standard InChI is InChI=1S/C23H42N4O2/c1-4-7-9-11-13-15-18-23(6-3,19-16-14-12-10-8-5-2)22(29)25-27-21(28)17-20-24-26-27/h17,20H,4-16,18-19H2,1-3H3,(H,25,29). The molecule has 0 aliphatic carbocycles. The molecule has 6 heteroatoms. The number of hydrogen-bond donors (Lipinski definition) is 1. The van der Waals surface area contributed by atoms with Crippen LogP contribution in [0.15, 0.2) is 17.1 Å². The molecule has 0 aliphatic rings. The number of nitrogens with one attached hydrogen (secondary N) is 1. The summed E-state index contributed by atoms with van der Waals surface area (Å²) in [6.07, 6.45) is 18.3. The molecule has 1 aromatic rings. The van der Waals surface area contributed by atoms with Gasteiger partial charge >= 0.3 is 0 Å². The van der Waals surface area contributed by atoms with Crippen LogP contribution in [-0.4, -0.2) is 21.0 Å². The van der Waals surface area contributed by atoms with Crippen LogP contribution in [0.1, 0.15) is 117 Å². The molecule has 0 saturated carbocycles. The van der Waals surface area contributed by atoms with Crippen molar-refractivity contribution in [2.24, 2.45) is 5.41 Å². The number of hydrogen-bond acceptors (Lipinski definition) is 4. The van der Waals surface area contributed by atoms with Gasteiger partial charge in [-0.15, -0.1) is 9.89 Å². The molecular weight excluding hydrogens is 364 g/mol. The molecule has 1 aromatic heterocycles. The van der Waals surface area contributed by atoms with Gasteiger partial charge in [-0.1, -0.05) is 97.8 Å². The Balaban J connectivity index is 2.71. The van der Waals surface area contributed by atoms with Crippen molar-refractivity contribution in [3.63, 3.8) is 0 Å². The van der Waals surface area contributed by atoms with Gasteiger partial charge in [0.1, 0.15) is 0 Å². The SMILES string of the molecule is CCCCCCCCC(CC)(CCCCCCCC)C(=O)Nn1nnccc1=O. The predicted molar refractivity (Wildman–Crippen MR) is 119 cm³/mol. The van der Waals surface area contributed by atoms with Crippen molar-refractivity contribution >= 4 is 5.91 Å². The van der Waals surface area contributed by atoms with E-state index in [1.807, 2.05) is 0 Å². The highest BCUT2D eigenvalue weighted by Crippen LogP contribution is 2.36. The quantitative estimate of drug-likeness (QED) is 0.341. The lowest BCUT2D eigenvalue weighted by Crippen LogP contribution is -2.44. The highest BCUT2D eigenvalue weighted by Gasteiger charge is 2.36. The van der Waals surface area contributed by atoms with Crippen molar-refractivity contribution in [1.82, 2.24) is 15.1 Å². The van der Waals surface area contributed by atoms with E-state index >= 15 is 0 Å². The van der Waals surface area contributed by atoms with Crippen LogP contribution in [0.2, 0.25) is 0 Å². The second-order valence-corrected chi connectivity index (χ2v) is 8.28. The van der Waals surface area contributed by atoms with E-state index in [9.17, 15) is 9.59 Å². The van der Waals surface area contributed by atoms with E-state index in [-0.39, 0.29) is 11.5 Å². The molecule has 1 rings (SSSR count). The maximum Gasteiger partial charge on any atom is 0.289 e. The summed E-state index contributed by atoms with van der Waals surface area (Å²) in [6, 6.07) is 1.31. The molecule has 0 unspecified atom stereocenters. The number of unbranched alkanes of at least 4 members (excludes halogenated alkanes) is 10. The van der Waals surface area contributed by atoms with Gasteiger partial charge in [0.15, 0.2) is 0 Å². The summed E-state index contributed by atoms with van der Waals surface area (Å²) < 4.78 is 0. The lowest BCUT2D eigenvalue weighted by molar-refractivity contribution is -0.128. The van der Waals surface area contributed by atoms with E-state index in [0.29, 0.717) is 0 Å². The first kappa shape index (κ1) is 25.3. The van der Waals surface area contributed by atoms with Crippen molar-refractivity contribution in [2.45, 2.75) is 117 Å². The molecule has 0 radical (unpaired) electrons. The van der Waals surface area contributed by atoms with E-state index in [0.717, 1.165) is 49.7 Å². The van der Waals surface area contributed by atoms with E-state index < -0.39 is 5.41 Å². The number of carbonyl (C=O) groups is 1. The van der Waals surface area contributed by atoms with Crippen LogP contribution in [-0.2, 0) is 4.79 Å². The minimum absolute atomic E-state index is 0.0929. The molecule has 1 N–H and O–H groups in total. The Morgan fingerprint density at radius 1 is 0.897 bits per heavy atom. The Morgan fingerprint density at radius 2 is 1.41 bits per heavy atom. The number of nitrogens with zero attached hydrogens (tertiary/aromatic N) is 3. The van der Waals surface area contributed by atoms with Crippen LogP contribution in [0.5, 0.6) is 0 Å². The third-order valence-electron chi connectivity index (χ3n) is 6.02. The Labute approximate surface area is 176 Å². The molecule has 6 nitrogen and oxygen atoms in total. The van der Waals surface area contributed by atoms with E-state index in [4.69, 9.17) is 0 Å². The van der Waals surface area contributed by atoms with Crippen molar-refractivity contribution < 1.29 is 4.79 Å².